The van der Waals surface area contributed by atoms with E-state index in [0.29, 0.717) is 0 Å². The predicted molar refractivity (Wildman–Crippen MR) is 74.1 cm³/mol. The van der Waals surface area contributed by atoms with E-state index in [1.165, 1.54) is 0 Å². The van der Waals surface area contributed by atoms with E-state index in [0.717, 1.165) is 33.2 Å². The van der Waals surface area contributed by atoms with Gasteiger partial charge in [-0.2, -0.15) is 0 Å². The van der Waals surface area contributed by atoms with E-state index < -0.39 is 0 Å². The average molecular weight is 269 g/mol. The van der Waals surface area contributed by atoms with Crippen LogP contribution < -0.4 is 10.2 Å². The van der Waals surface area contributed by atoms with Crippen LogP contribution in [-0.4, -0.2) is 35.3 Å². The molecule has 0 unspecified atom stereocenters. The van der Waals surface area contributed by atoms with Gasteiger partial charge in [0.2, 0.25) is 5.13 Å². The quantitative estimate of drug-likeness (QED) is 0.904. The van der Waals surface area contributed by atoms with Gasteiger partial charge in [0.15, 0.2) is 10.1 Å². The van der Waals surface area contributed by atoms with Crippen LogP contribution >= 0.6 is 22.7 Å². The van der Waals surface area contributed by atoms with Crippen molar-refractivity contribution in [2.24, 2.45) is 0 Å². The predicted octanol–water partition coefficient (Wildman–Crippen LogP) is 2.55. The van der Waals surface area contributed by atoms with Crippen LogP contribution in [0.4, 0.5) is 10.3 Å². The van der Waals surface area contributed by atoms with Crippen molar-refractivity contribution in [1.82, 2.24) is 15.2 Å². The van der Waals surface area contributed by atoms with Crippen LogP contribution in [0.5, 0.6) is 0 Å². The Labute approximate surface area is 109 Å². The van der Waals surface area contributed by atoms with Crippen LogP contribution in [0.3, 0.4) is 0 Å². The lowest BCUT2D eigenvalue weighted by Gasteiger charge is -2.16. The van der Waals surface area contributed by atoms with E-state index >= 15 is 0 Å². The standard InChI is InChI=1S/C10H15N5S2/c1-4-15(5-2)10-12-6-7(16-10)8-13-14-9(11-3)17-8/h6H,4-5H2,1-3H3,(H,11,14). The molecular weight excluding hydrogens is 254 g/mol. The van der Waals surface area contributed by atoms with Crippen molar-refractivity contribution in [3.63, 3.8) is 0 Å². The second-order valence-electron chi connectivity index (χ2n) is 3.34. The molecule has 0 radical (unpaired) electrons. The van der Waals surface area contributed by atoms with E-state index in [1.807, 2.05) is 13.2 Å². The molecule has 0 fully saturated rings. The minimum absolute atomic E-state index is 0.831. The Kier molecular flexibility index (Phi) is 3.90. The summed E-state index contributed by atoms with van der Waals surface area (Å²) in [7, 11) is 1.85. The minimum atomic E-state index is 0.831. The molecule has 0 aliphatic rings. The van der Waals surface area contributed by atoms with Crippen molar-refractivity contribution < 1.29 is 0 Å². The van der Waals surface area contributed by atoms with Gasteiger partial charge in [-0.15, -0.1) is 10.2 Å². The molecule has 0 atom stereocenters. The number of rotatable bonds is 5. The second kappa shape index (κ2) is 5.42. The van der Waals surface area contributed by atoms with Gasteiger partial charge >= 0.3 is 0 Å². The first-order valence-electron chi connectivity index (χ1n) is 5.50. The number of nitrogens with zero attached hydrogens (tertiary/aromatic N) is 4. The molecule has 5 nitrogen and oxygen atoms in total. The number of nitrogens with one attached hydrogen (secondary N) is 1. The fourth-order valence-corrected chi connectivity index (χ4v) is 3.20. The fourth-order valence-electron chi connectivity index (χ4n) is 1.43. The number of anilines is 2. The summed E-state index contributed by atoms with van der Waals surface area (Å²) in [6.45, 7) is 6.21. The van der Waals surface area contributed by atoms with Crippen molar-refractivity contribution in [1.29, 1.82) is 0 Å². The number of hydrogen-bond donors (Lipinski definition) is 1. The Bertz CT molecular complexity index is 475. The van der Waals surface area contributed by atoms with Crippen molar-refractivity contribution >= 4 is 32.9 Å². The molecule has 0 bridgehead atoms. The lowest BCUT2D eigenvalue weighted by atomic mass is 10.5. The maximum absolute atomic E-state index is 4.43. The molecule has 7 heteroatoms. The Hall–Kier alpha value is -1.21. The molecule has 2 rings (SSSR count). The molecule has 0 saturated carbocycles. The number of aromatic nitrogens is 3. The number of hydrogen-bond acceptors (Lipinski definition) is 7. The van der Waals surface area contributed by atoms with Gasteiger partial charge in [0.1, 0.15) is 0 Å². The van der Waals surface area contributed by atoms with Crippen LogP contribution in [0.1, 0.15) is 13.8 Å². The van der Waals surface area contributed by atoms with Crippen LogP contribution in [-0.2, 0) is 0 Å². The van der Waals surface area contributed by atoms with Gasteiger partial charge in [0, 0.05) is 20.1 Å². The normalized spacial score (nSPS) is 10.5. The van der Waals surface area contributed by atoms with E-state index in [2.05, 4.69) is 39.2 Å². The summed E-state index contributed by atoms with van der Waals surface area (Å²) in [5.41, 5.74) is 0. The summed E-state index contributed by atoms with van der Waals surface area (Å²) in [4.78, 5) is 7.74. The lowest BCUT2D eigenvalue weighted by molar-refractivity contribution is 0.860. The SMILES string of the molecule is CCN(CC)c1ncc(-c2nnc(NC)s2)s1. The molecule has 2 aromatic rings. The van der Waals surface area contributed by atoms with E-state index in [9.17, 15) is 0 Å². The lowest BCUT2D eigenvalue weighted by Crippen LogP contribution is -2.21. The molecule has 0 aliphatic carbocycles. The third kappa shape index (κ3) is 2.55. The maximum atomic E-state index is 4.43. The molecule has 2 aromatic heterocycles. The molecule has 0 spiro atoms. The van der Waals surface area contributed by atoms with E-state index in [4.69, 9.17) is 0 Å². The monoisotopic (exact) mass is 269 g/mol. The van der Waals surface area contributed by atoms with Crippen LogP contribution in [0.15, 0.2) is 6.20 Å². The van der Waals surface area contributed by atoms with Gasteiger partial charge in [-0.3, -0.25) is 0 Å². The third-order valence-electron chi connectivity index (χ3n) is 2.38. The molecule has 1 N–H and O–H groups in total. The molecule has 2 heterocycles. The highest BCUT2D eigenvalue weighted by Crippen LogP contribution is 2.33. The van der Waals surface area contributed by atoms with Gasteiger partial charge in [-0.05, 0) is 13.8 Å². The zero-order valence-corrected chi connectivity index (χ0v) is 11.7. The summed E-state index contributed by atoms with van der Waals surface area (Å²) in [5, 5.41) is 14.0. The Morgan fingerprint density at radius 1 is 1.24 bits per heavy atom. The number of thiazole rings is 1. The summed E-state index contributed by atoms with van der Waals surface area (Å²) in [5.74, 6) is 0. The van der Waals surface area contributed by atoms with Crippen LogP contribution in [0.2, 0.25) is 0 Å². The Morgan fingerprint density at radius 3 is 2.59 bits per heavy atom. The smallest absolute Gasteiger partial charge is 0.205 e. The molecular formula is C10H15N5S2. The van der Waals surface area contributed by atoms with Gasteiger partial charge in [-0.1, -0.05) is 22.7 Å². The van der Waals surface area contributed by atoms with E-state index in [-0.39, 0.29) is 0 Å². The van der Waals surface area contributed by atoms with Gasteiger partial charge in [0.05, 0.1) is 11.1 Å². The molecule has 92 valence electrons. The van der Waals surface area contributed by atoms with Crippen molar-refractivity contribution in [2.75, 3.05) is 30.4 Å². The Morgan fingerprint density at radius 2 is 2.00 bits per heavy atom. The van der Waals surface area contributed by atoms with E-state index in [1.54, 1.807) is 22.7 Å². The highest BCUT2D eigenvalue weighted by atomic mass is 32.1. The first kappa shape index (κ1) is 12.3. The Balaban J connectivity index is 2.22. The average Bonchev–Trinajstić information content (AvgIpc) is 2.98. The highest BCUT2D eigenvalue weighted by Gasteiger charge is 2.12. The molecule has 0 amide bonds. The van der Waals surface area contributed by atoms with Gasteiger partial charge < -0.3 is 10.2 Å². The maximum Gasteiger partial charge on any atom is 0.205 e. The van der Waals surface area contributed by atoms with Gasteiger partial charge in [-0.25, -0.2) is 4.98 Å². The summed E-state index contributed by atoms with van der Waals surface area (Å²) in [6.07, 6.45) is 1.87. The van der Waals surface area contributed by atoms with Crippen LogP contribution in [0, 0.1) is 0 Å². The first-order valence-corrected chi connectivity index (χ1v) is 7.14. The zero-order valence-electron chi connectivity index (χ0n) is 10.1. The molecule has 0 aromatic carbocycles. The first-order chi connectivity index (χ1) is 8.28. The van der Waals surface area contributed by atoms with Crippen molar-refractivity contribution in [3.8, 4) is 9.88 Å². The summed E-state index contributed by atoms with van der Waals surface area (Å²) < 4.78 is 0. The largest absolute Gasteiger partial charge is 0.363 e. The fraction of sp³-hybridized carbons (Fsp3) is 0.500. The third-order valence-corrected chi connectivity index (χ3v) is 4.55. The van der Waals surface area contributed by atoms with Crippen molar-refractivity contribution in [3.05, 3.63) is 6.20 Å². The highest BCUT2D eigenvalue weighted by molar-refractivity contribution is 7.25. The molecule has 0 aliphatic heterocycles. The van der Waals surface area contributed by atoms with Crippen LogP contribution in [0.25, 0.3) is 9.88 Å². The molecule has 17 heavy (non-hydrogen) atoms. The summed E-state index contributed by atoms with van der Waals surface area (Å²) >= 11 is 3.21. The van der Waals surface area contributed by atoms with Crippen molar-refractivity contribution in [2.45, 2.75) is 13.8 Å². The second-order valence-corrected chi connectivity index (χ2v) is 5.33. The zero-order chi connectivity index (χ0) is 12.3. The molecule has 0 saturated heterocycles. The minimum Gasteiger partial charge on any atom is -0.363 e. The summed E-state index contributed by atoms with van der Waals surface area (Å²) in [6, 6.07) is 0. The van der Waals surface area contributed by atoms with Gasteiger partial charge in [0.25, 0.3) is 0 Å². The topological polar surface area (TPSA) is 53.9 Å².